The van der Waals surface area contributed by atoms with Crippen molar-refractivity contribution in [3.05, 3.63) is 61.1 Å². The summed E-state index contributed by atoms with van der Waals surface area (Å²) in [6.45, 7) is 0.764. The molecule has 3 aromatic rings. The van der Waals surface area contributed by atoms with E-state index in [4.69, 9.17) is 4.98 Å². The van der Waals surface area contributed by atoms with Crippen LogP contribution in [0.1, 0.15) is 0 Å². The summed E-state index contributed by atoms with van der Waals surface area (Å²) in [7, 11) is 2.08. The summed E-state index contributed by atoms with van der Waals surface area (Å²) < 4.78 is 0. The van der Waals surface area contributed by atoms with E-state index in [1.165, 1.54) is 5.69 Å². The number of fused-ring (bicyclic) bond motifs is 1. The third-order valence-corrected chi connectivity index (χ3v) is 3.76. The number of hydrogen-bond acceptors (Lipinski definition) is 5. The van der Waals surface area contributed by atoms with Gasteiger partial charge >= 0.3 is 0 Å². The van der Waals surface area contributed by atoms with Gasteiger partial charge in [-0.3, -0.25) is 9.97 Å². The second-order valence-electron chi connectivity index (χ2n) is 5.23. The van der Waals surface area contributed by atoms with Gasteiger partial charge in [0.15, 0.2) is 5.82 Å². The highest BCUT2D eigenvalue weighted by molar-refractivity contribution is 5.81. The Bertz CT molecular complexity index is 803. The van der Waals surface area contributed by atoms with E-state index in [0.29, 0.717) is 0 Å². The van der Waals surface area contributed by atoms with Gasteiger partial charge in [0.1, 0.15) is 5.69 Å². The zero-order valence-electron chi connectivity index (χ0n) is 12.2. The second-order valence-corrected chi connectivity index (χ2v) is 5.23. The molecule has 5 heteroatoms. The van der Waals surface area contributed by atoms with Crippen LogP contribution in [0.3, 0.4) is 0 Å². The monoisotopic (exact) mass is 289 g/mol. The van der Waals surface area contributed by atoms with Crippen LogP contribution in [0.25, 0.3) is 11.4 Å². The Kier molecular flexibility index (Phi) is 2.96. The van der Waals surface area contributed by atoms with Crippen LogP contribution in [-0.2, 0) is 0 Å². The summed E-state index contributed by atoms with van der Waals surface area (Å²) in [4.78, 5) is 17.8. The first-order valence-electron chi connectivity index (χ1n) is 7.14. The molecule has 1 aromatic carbocycles. The van der Waals surface area contributed by atoms with E-state index in [1.54, 1.807) is 18.6 Å². The van der Waals surface area contributed by atoms with Crippen molar-refractivity contribution in [2.24, 2.45) is 0 Å². The molecule has 1 aliphatic rings. The molecular formula is C17H15N5. The van der Waals surface area contributed by atoms with Gasteiger partial charge in [0.25, 0.3) is 0 Å². The lowest BCUT2D eigenvalue weighted by atomic mass is 10.2. The van der Waals surface area contributed by atoms with E-state index < -0.39 is 0 Å². The summed E-state index contributed by atoms with van der Waals surface area (Å²) >= 11 is 0. The van der Waals surface area contributed by atoms with Crippen LogP contribution in [0, 0.1) is 0 Å². The van der Waals surface area contributed by atoms with Gasteiger partial charge in [0.2, 0.25) is 0 Å². The summed E-state index contributed by atoms with van der Waals surface area (Å²) in [6.07, 6.45) is 5.31. The van der Waals surface area contributed by atoms with Crippen LogP contribution >= 0.6 is 0 Å². The Morgan fingerprint density at radius 3 is 2.55 bits per heavy atom. The van der Waals surface area contributed by atoms with Crippen LogP contribution < -0.4 is 9.80 Å². The number of anilines is 3. The molecule has 1 aliphatic heterocycles. The number of pyridine rings is 1. The van der Waals surface area contributed by atoms with Crippen molar-refractivity contribution in [3.8, 4) is 11.4 Å². The zero-order valence-corrected chi connectivity index (χ0v) is 12.2. The van der Waals surface area contributed by atoms with Crippen molar-refractivity contribution in [1.82, 2.24) is 15.0 Å². The number of rotatable bonds is 2. The lowest BCUT2D eigenvalue weighted by Crippen LogP contribution is -2.24. The predicted octanol–water partition coefficient (Wildman–Crippen LogP) is 3.08. The summed E-state index contributed by atoms with van der Waals surface area (Å²) in [5.41, 5.74) is 3.97. The molecule has 0 fully saturated rings. The molecule has 0 atom stereocenters. The van der Waals surface area contributed by atoms with Crippen LogP contribution in [0.2, 0.25) is 0 Å². The second kappa shape index (κ2) is 5.11. The van der Waals surface area contributed by atoms with Gasteiger partial charge in [-0.15, -0.1) is 0 Å². The van der Waals surface area contributed by atoms with Crippen molar-refractivity contribution >= 4 is 17.2 Å². The molecule has 3 heterocycles. The molecule has 0 aliphatic carbocycles. The normalized spacial score (nSPS) is 13.3. The molecule has 5 nitrogen and oxygen atoms in total. The Balaban J connectivity index is 1.76. The molecule has 0 N–H and O–H groups in total. The van der Waals surface area contributed by atoms with E-state index in [9.17, 15) is 0 Å². The molecule has 108 valence electrons. The Morgan fingerprint density at radius 1 is 0.909 bits per heavy atom. The van der Waals surface area contributed by atoms with Gasteiger partial charge in [0, 0.05) is 13.2 Å². The van der Waals surface area contributed by atoms with Gasteiger partial charge in [-0.05, 0) is 24.3 Å². The van der Waals surface area contributed by atoms with Crippen molar-refractivity contribution in [3.63, 3.8) is 0 Å². The smallest absolute Gasteiger partial charge is 0.153 e. The maximum absolute atomic E-state index is 4.73. The molecule has 0 unspecified atom stereocenters. The SMILES string of the molecule is CN1CN(c2cncc(-c3ccccn3)n2)c2ccccc21. The molecule has 0 spiro atoms. The minimum absolute atomic E-state index is 0.764. The first-order valence-corrected chi connectivity index (χ1v) is 7.14. The molecule has 0 amide bonds. The number of benzene rings is 1. The summed E-state index contributed by atoms with van der Waals surface area (Å²) in [5, 5.41) is 0. The fourth-order valence-corrected chi connectivity index (χ4v) is 2.70. The lowest BCUT2D eigenvalue weighted by molar-refractivity contribution is 0.927. The van der Waals surface area contributed by atoms with Crippen molar-refractivity contribution < 1.29 is 0 Å². The quantitative estimate of drug-likeness (QED) is 0.725. The van der Waals surface area contributed by atoms with Gasteiger partial charge in [-0.1, -0.05) is 18.2 Å². The Labute approximate surface area is 128 Å². The first kappa shape index (κ1) is 12.8. The van der Waals surface area contributed by atoms with E-state index in [-0.39, 0.29) is 0 Å². The first-order chi connectivity index (χ1) is 10.8. The maximum atomic E-state index is 4.73. The summed E-state index contributed by atoms with van der Waals surface area (Å²) in [5.74, 6) is 0.833. The molecular weight excluding hydrogens is 274 g/mol. The minimum atomic E-state index is 0.764. The largest absolute Gasteiger partial charge is 0.355 e. The number of hydrogen-bond donors (Lipinski definition) is 0. The maximum Gasteiger partial charge on any atom is 0.153 e. The molecule has 4 rings (SSSR count). The van der Waals surface area contributed by atoms with Crippen molar-refractivity contribution in [2.75, 3.05) is 23.5 Å². The van der Waals surface area contributed by atoms with E-state index in [2.05, 4.69) is 45.0 Å². The number of nitrogens with zero attached hydrogens (tertiary/aromatic N) is 5. The Hall–Kier alpha value is -2.95. The molecule has 0 saturated carbocycles. The summed E-state index contributed by atoms with van der Waals surface area (Å²) in [6, 6.07) is 14.1. The molecule has 0 radical (unpaired) electrons. The lowest BCUT2D eigenvalue weighted by Gasteiger charge is -2.18. The standard InChI is InChI=1S/C17H15N5/c1-21-12-22(16-8-3-2-7-15(16)21)17-11-18-10-14(20-17)13-6-4-5-9-19-13/h2-11H,12H2,1H3. The third kappa shape index (κ3) is 2.07. The molecule has 0 saturated heterocycles. The van der Waals surface area contributed by atoms with E-state index in [0.717, 1.165) is 29.6 Å². The van der Waals surface area contributed by atoms with Crippen LogP contribution in [0.4, 0.5) is 17.2 Å². The van der Waals surface area contributed by atoms with Gasteiger partial charge in [0.05, 0.1) is 36.1 Å². The minimum Gasteiger partial charge on any atom is -0.355 e. The molecule has 22 heavy (non-hydrogen) atoms. The predicted molar refractivity (Wildman–Crippen MR) is 87.1 cm³/mol. The average Bonchev–Trinajstić information content (AvgIpc) is 2.93. The van der Waals surface area contributed by atoms with E-state index >= 15 is 0 Å². The number of para-hydroxylation sites is 2. The highest BCUT2D eigenvalue weighted by Gasteiger charge is 2.25. The zero-order chi connectivity index (χ0) is 14.9. The molecule has 2 aromatic heterocycles. The van der Waals surface area contributed by atoms with Gasteiger partial charge < -0.3 is 9.80 Å². The average molecular weight is 289 g/mol. The van der Waals surface area contributed by atoms with Crippen molar-refractivity contribution in [1.29, 1.82) is 0 Å². The third-order valence-electron chi connectivity index (χ3n) is 3.76. The van der Waals surface area contributed by atoms with Crippen LogP contribution in [-0.4, -0.2) is 28.7 Å². The topological polar surface area (TPSA) is 45.2 Å². The van der Waals surface area contributed by atoms with E-state index in [1.807, 2.05) is 24.3 Å². The molecule has 0 bridgehead atoms. The van der Waals surface area contributed by atoms with Crippen LogP contribution in [0.5, 0.6) is 0 Å². The fraction of sp³-hybridized carbons (Fsp3) is 0.118. The van der Waals surface area contributed by atoms with Gasteiger partial charge in [-0.2, -0.15) is 0 Å². The highest BCUT2D eigenvalue weighted by atomic mass is 15.4. The van der Waals surface area contributed by atoms with Gasteiger partial charge in [-0.25, -0.2) is 4.98 Å². The highest BCUT2D eigenvalue weighted by Crippen LogP contribution is 2.38. The fourth-order valence-electron chi connectivity index (χ4n) is 2.70. The van der Waals surface area contributed by atoms with Crippen molar-refractivity contribution in [2.45, 2.75) is 0 Å². The van der Waals surface area contributed by atoms with Crippen LogP contribution in [0.15, 0.2) is 61.1 Å². The number of aromatic nitrogens is 3. The Morgan fingerprint density at radius 2 is 1.73 bits per heavy atom.